The number of hydrogen-bond acceptors (Lipinski definition) is 2. The Bertz CT molecular complexity index is 825. The van der Waals surface area contributed by atoms with E-state index >= 15 is 0 Å². The Balaban J connectivity index is 2.41. The zero-order chi connectivity index (χ0) is 14.1. The molecule has 0 atom stereocenters. The van der Waals surface area contributed by atoms with E-state index in [-0.39, 0.29) is 10.6 Å². The number of benzene rings is 2. The van der Waals surface area contributed by atoms with Gasteiger partial charge in [-0.25, -0.2) is 0 Å². The molecule has 3 nitrogen and oxygen atoms in total. The molecular formula is C16H12ClNO2. The van der Waals surface area contributed by atoms with Gasteiger partial charge in [0.1, 0.15) is 10.8 Å². The number of hydrogen-bond donors (Lipinski definition) is 0. The van der Waals surface area contributed by atoms with Crippen molar-refractivity contribution in [3.05, 3.63) is 70.0 Å². The monoisotopic (exact) mass is 285 g/mol. The van der Waals surface area contributed by atoms with Crippen molar-refractivity contribution in [2.45, 2.75) is 0 Å². The molecule has 0 fully saturated rings. The molecule has 20 heavy (non-hydrogen) atoms. The summed E-state index contributed by atoms with van der Waals surface area (Å²) in [6, 6.07) is 16.7. The highest BCUT2D eigenvalue weighted by atomic mass is 35.5. The molecule has 4 heteroatoms. The minimum absolute atomic E-state index is 0.189. The number of para-hydroxylation sites is 1. The Morgan fingerprint density at radius 1 is 1.05 bits per heavy atom. The quantitative estimate of drug-likeness (QED) is 0.720. The average molecular weight is 286 g/mol. The molecule has 100 valence electrons. The molecule has 0 amide bonds. The zero-order valence-electron chi connectivity index (χ0n) is 10.8. The molecule has 0 saturated carbocycles. The molecule has 0 bridgehead atoms. The van der Waals surface area contributed by atoms with Crippen molar-refractivity contribution < 1.29 is 4.74 Å². The van der Waals surface area contributed by atoms with E-state index in [9.17, 15) is 4.79 Å². The standard InChI is InChI=1S/C16H12ClNO2/c1-20-13-7-8-15-11(9-13)10-14(17)16(19)18(15)12-5-3-2-4-6-12/h2-10H,1H3. The van der Waals surface area contributed by atoms with Crippen LogP contribution >= 0.6 is 11.6 Å². The molecule has 3 aromatic rings. The smallest absolute Gasteiger partial charge is 0.274 e. The molecule has 0 unspecified atom stereocenters. The summed E-state index contributed by atoms with van der Waals surface area (Å²) in [6.45, 7) is 0. The summed E-state index contributed by atoms with van der Waals surface area (Å²) in [4.78, 5) is 12.3. The van der Waals surface area contributed by atoms with Crippen LogP contribution in [-0.2, 0) is 0 Å². The SMILES string of the molecule is COc1ccc2c(c1)cc(Cl)c(=O)n2-c1ccccc1. The second-order valence-corrected chi connectivity index (χ2v) is 4.80. The minimum Gasteiger partial charge on any atom is -0.497 e. The number of pyridine rings is 1. The lowest BCUT2D eigenvalue weighted by molar-refractivity contribution is 0.415. The summed E-state index contributed by atoms with van der Waals surface area (Å²) in [5, 5.41) is 1.05. The normalized spacial score (nSPS) is 10.7. The number of fused-ring (bicyclic) bond motifs is 1. The van der Waals surface area contributed by atoms with Gasteiger partial charge < -0.3 is 4.74 Å². The van der Waals surface area contributed by atoms with Gasteiger partial charge in [0.25, 0.3) is 5.56 Å². The van der Waals surface area contributed by atoms with E-state index in [1.165, 1.54) is 0 Å². The van der Waals surface area contributed by atoms with Crippen LogP contribution in [0.15, 0.2) is 59.4 Å². The molecular weight excluding hydrogens is 274 g/mol. The number of aromatic nitrogens is 1. The van der Waals surface area contributed by atoms with E-state index in [2.05, 4.69) is 0 Å². The van der Waals surface area contributed by atoms with Gasteiger partial charge in [0.2, 0.25) is 0 Å². The molecule has 0 N–H and O–H groups in total. The highest BCUT2D eigenvalue weighted by Crippen LogP contribution is 2.24. The van der Waals surface area contributed by atoms with Gasteiger partial charge in [-0.3, -0.25) is 9.36 Å². The van der Waals surface area contributed by atoms with Gasteiger partial charge in [0, 0.05) is 11.1 Å². The molecule has 1 heterocycles. The summed E-state index contributed by atoms with van der Waals surface area (Å²) in [6.07, 6.45) is 0. The first-order chi connectivity index (χ1) is 9.70. The average Bonchev–Trinajstić information content (AvgIpc) is 2.49. The van der Waals surface area contributed by atoms with Crippen LogP contribution in [0.5, 0.6) is 5.75 Å². The fraction of sp³-hybridized carbons (Fsp3) is 0.0625. The van der Waals surface area contributed by atoms with Crippen molar-refractivity contribution in [1.82, 2.24) is 4.57 Å². The predicted octanol–water partition coefficient (Wildman–Crippen LogP) is 3.65. The summed E-state index contributed by atoms with van der Waals surface area (Å²) < 4.78 is 6.82. The van der Waals surface area contributed by atoms with Crippen molar-refractivity contribution in [2.24, 2.45) is 0 Å². The minimum atomic E-state index is -0.226. The van der Waals surface area contributed by atoms with Gasteiger partial charge in [-0.15, -0.1) is 0 Å². The lowest BCUT2D eigenvalue weighted by Gasteiger charge is -2.12. The van der Waals surface area contributed by atoms with Crippen LogP contribution in [0.25, 0.3) is 16.6 Å². The largest absolute Gasteiger partial charge is 0.497 e. The lowest BCUT2D eigenvalue weighted by Crippen LogP contribution is -2.18. The molecule has 0 aliphatic rings. The lowest BCUT2D eigenvalue weighted by atomic mass is 10.2. The fourth-order valence-corrected chi connectivity index (χ4v) is 2.43. The molecule has 0 aliphatic heterocycles. The maximum atomic E-state index is 12.3. The molecule has 1 aromatic heterocycles. The van der Waals surface area contributed by atoms with Gasteiger partial charge in [-0.1, -0.05) is 29.8 Å². The first kappa shape index (κ1) is 12.8. The van der Waals surface area contributed by atoms with Crippen molar-refractivity contribution in [2.75, 3.05) is 7.11 Å². The molecule has 0 spiro atoms. The van der Waals surface area contributed by atoms with Crippen LogP contribution in [0.1, 0.15) is 0 Å². The van der Waals surface area contributed by atoms with Crippen LogP contribution in [0, 0.1) is 0 Å². The first-order valence-corrected chi connectivity index (χ1v) is 6.53. The molecule has 3 rings (SSSR count). The number of ether oxygens (including phenoxy) is 1. The van der Waals surface area contributed by atoms with Crippen LogP contribution in [0.3, 0.4) is 0 Å². The predicted molar refractivity (Wildman–Crippen MR) is 81.1 cm³/mol. The van der Waals surface area contributed by atoms with E-state index in [0.29, 0.717) is 0 Å². The van der Waals surface area contributed by atoms with E-state index in [0.717, 1.165) is 22.3 Å². The molecule has 0 saturated heterocycles. The van der Waals surface area contributed by atoms with Gasteiger partial charge >= 0.3 is 0 Å². The Labute approximate surface area is 121 Å². The topological polar surface area (TPSA) is 31.2 Å². The molecule has 0 aliphatic carbocycles. The van der Waals surface area contributed by atoms with Gasteiger partial charge in [-0.05, 0) is 36.4 Å². The third kappa shape index (κ3) is 2.06. The maximum Gasteiger partial charge on any atom is 0.274 e. The van der Waals surface area contributed by atoms with Crippen molar-refractivity contribution in [3.63, 3.8) is 0 Å². The highest BCUT2D eigenvalue weighted by molar-refractivity contribution is 6.31. The summed E-state index contributed by atoms with van der Waals surface area (Å²) in [5.74, 6) is 0.729. The van der Waals surface area contributed by atoms with Crippen LogP contribution in [-0.4, -0.2) is 11.7 Å². The van der Waals surface area contributed by atoms with Crippen molar-refractivity contribution in [1.29, 1.82) is 0 Å². The Kier molecular flexibility index (Phi) is 3.20. The summed E-state index contributed by atoms with van der Waals surface area (Å²) in [5.41, 5.74) is 1.36. The fourth-order valence-electron chi connectivity index (χ4n) is 2.23. The number of halogens is 1. The van der Waals surface area contributed by atoms with Gasteiger partial charge in [-0.2, -0.15) is 0 Å². The van der Waals surface area contributed by atoms with Crippen LogP contribution < -0.4 is 10.3 Å². The Morgan fingerprint density at radius 2 is 1.80 bits per heavy atom. The second-order valence-electron chi connectivity index (χ2n) is 4.39. The number of nitrogens with zero attached hydrogens (tertiary/aromatic N) is 1. The van der Waals surface area contributed by atoms with Crippen LogP contribution in [0.2, 0.25) is 5.02 Å². The maximum absolute atomic E-state index is 12.3. The molecule has 0 radical (unpaired) electrons. The Morgan fingerprint density at radius 3 is 2.50 bits per heavy atom. The third-order valence-corrected chi connectivity index (χ3v) is 3.45. The first-order valence-electron chi connectivity index (χ1n) is 6.15. The van der Waals surface area contributed by atoms with Gasteiger partial charge in [0.05, 0.1) is 12.6 Å². The zero-order valence-corrected chi connectivity index (χ0v) is 11.6. The van der Waals surface area contributed by atoms with E-state index < -0.39 is 0 Å². The van der Waals surface area contributed by atoms with Crippen LogP contribution in [0.4, 0.5) is 0 Å². The highest BCUT2D eigenvalue weighted by Gasteiger charge is 2.10. The summed E-state index contributed by atoms with van der Waals surface area (Å²) >= 11 is 6.06. The van der Waals surface area contributed by atoms with E-state index in [4.69, 9.17) is 16.3 Å². The van der Waals surface area contributed by atoms with Crippen molar-refractivity contribution in [3.8, 4) is 11.4 Å². The summed E-state index contributed by atoms with van der Waals surface area (Å²) in [7, 11) is 1.61. The van der Waals surface area contributed by atoms with Crippen molar-refractivity contribution >= 4 is 22.5 Å². The van der Waals surface area contributed by atoms with Gasteiger partial charge in [0.15, 0.2) is 0 Å². The molecule has 2 aromatic carbocycles. The van der Waals surface area contributed by atoms with E-state index in [1.807, 2.05) is 48.5 Å². The number of methoxy groups -OCH3 is 1. The van der Waals surface area contributed by atoms with E-state index in [1.54, 1.807) is 17.7 Å². The number of rotatable bonds is 2. The Hall–Kier alpha value is -2.26. The second kappa shape index (κ2) is 5.02. The third-order valence-electron chi connectivity index (χ3n) is 3.18.